The van der Waals surface area contributed by atoms with Gasteiger partial charge in [0.15, 0.2) is 0 Å². The van der Waals surface area contributed by atoms with Crippen LogP contribution in [-0.2, 0) is 11.3 Å². The number of thiazole rings is 1. The molecule has 106 valence electrons. The summed E-state index contributed by atoms with van der Waals surface area (Å²) in [5, 5.41) is 3.40. The van der Waals surface area contributed by atoms with Crippen molar-refractivity contribution in [2.45, 2.75) is 39.2 Å². The Hall–Kier alpha value is -0.940. The Kier molecular flexibility index (Phi) is 5.34. The van der Waals surface area contributed by atoms with Crippen LogP contribution in [0.15, 0.2) is 5.51 Å². The zero-order chi connectivity index (χ0) is 13.7. The van der Waals surface area contributed by atoms with Crippen molar-refractivity contribution < 1.29 is 4.79 Å². The molecule has 1 aromatic rings. The van der Waals surface area contributed by atoms with Crippen LogP contribution in [-0.4, -0.2) is 35.9 Å². The Morgan fingerprint density at radius 2 is 2.47 bits per heavy atom. The lowest BCUT2D eigenvalue weighted by Gasteiger charge is -2.23. The fourth-order valence-electron chi connectivity index (χ4n) is 2.47. The van der Waals surface area contributed by atoms with Gasteiger partial charge in [0.05, 0.1) is 17.7 Å². The maximum Gasteiger partial charge on any atom is 0.222 e. The second kappa shape index (κ2) is 7.01. The van der Waals surface area contributed by atoms with Gasteiger partial charge in [0, 0.05) is 18.3 Å². The molecular formula is C14H23N3OS. The van der Waals surface area contributed by atoms with Gasteiger partial charge < -0.3 is 10.2 Å². The topological polar surface area (TPSA) is 45.2 Å². The van der Waals surface area contributed by atoms with Crippen LogP contribution in [0.5, 0.6) is 0 Å². The van der Waals surface area contributed by atoms with E-state index in [1.807, 2.05) is 24.4 Å². The molecule has 1 amide bonds. The van der Waals surface area contributed by atoms with Gasteiger partial charge >= 0.3 is 0 Å². The number of piperidine rings is 1. The number of amides is 1. The summed E-state index contributed by atoms with van der Waals surface area (Å²) >= 11 is 1.63. The summed E-state index contributed by atoms with van der Waals surface area (Å²) in [5.74, 6) is 0.926. The number of hydrogen-bond acceptors (Lipinski definition) is 4. The van der Waals surface area contributed by atoms with Gasteiger partial charge in [-0.3, -0.25) is 4.79 Å². The molecule has 19 heavy (non-hydrogen) atoms. The third-order valence-electron chi connectivity index (χ3n) is 3.82. The highest BCUT2D eigenvalue weighted by Gasteiger charge is 2.17. The third-order valence-corrected chi connectivity index (χ3v) is 4.74. The van der Waals surface area contributed by atoms with Gasteiger partial charge in [-0.15, -0.1) is 11.3 Å². The second-order valence-corrected chi connectivity index (χ2v) is 6.30. The molecule has 1 aliphatic rings. The first-order chi connectivity index (χ1) is 9.16. The van der Waals surface area contributed by atoms with Gasteiger partial charge in [0.25, 0.3) is 0 Å². The largest absolute Gasteiger partial charge is 0.341 e. The zero-order valence-electron chi connectivity index (χ0n) is 11.8. The number of aromatic nitrogens is 1. The smallest absolute Gasteiger partial charge is 0.222 e. The molecule has 0 bridgehead atoms. The number of nitrogens with one attached hydrogen (secondary N) is 1. The number of carbonyl (C=O) groups excluding carboxylic acids is 1. The van der Waals surface area contributed by atoms with Crippen molar-refractivity contribution in [1.29, 1.82) is 0 Å². The van der Waals surface area contributed by atoms with E-state index < -0.39 is 0 Å². The Labute approximate surface area is 119 Å². The van der Waals surface area contributed by atoms with E-state index in [2.05, 4.69) is 10.3 Å². The Morgan fingerprint density at radius 1 is 1.63 bits per heavy atom. The van der Waals surface area contributed by atoms with E-state index in [1.165, 1.54) is 17.7 Å². The van der Waals surface area contributed by atoms with Crippen molar-refractivity contribution in [3.05, 3.63) is 16.1 Å². The van der Waals surface area contributed by atoms with Gasteiger partial charge in [0.1, 0.15) is 0 Å². The minimum atomic E-state index is 0.248. The van der Waals surface area contributed by atoms with E-state index in [-0.39, 0.29) is 5.91 Å². The molecule has 1 fully saturated rings. The molecule has 0 aliphatic carbocycles. The average Bonchev–Trinajstić information content (AvgIpc) is 2.82. The lowest BCUT2D eigenvalue weighted by molar-refractivity contribution is -0.130. The van der Waals surface area contributed by atoms with Crippen LogP contribution in [0.3, 0.4) is 0 Å². The highest BCUT2D eigenvalue weighted by atomic mass is 32.1. The van der Waals surface area contributed by atoms with Crippen molar-refractivity contribution in [2.75, 3.05) is 20.1 Å². The Balaban J connectivity index is 1.74. The normalized spacial score (nSPS) is 19.4. The lowest BCUT2D eigenvalue weighted by atomic mass is 9.94. The second-order valence-electron chi connectivity index (χ2n) is 5.36. The van der Waals surface area contributed by atoms with Gasteiger partial charge in [-0.1, -0.05) is 0 Å². The SMILES string of the molecule is Cc1ncsc1CN(C)C(=O)CCC1CCCNC1. The summed E-state index contributed by atoms with van der Waals surface area (Å²) in [6.45, 7) is 4.90. The minimum Gasteiger partial charge on any atom is -0.341 e. The molecule has 1 aromatic heterocycles. The van der Waals surface area contributed by atoms with Crippen molar-refractivity contribution in [3.63, 3.8) is 0 Å². The van der Waals surface area contributed by atoms with Crippen LogP contribution in [0, 0.1) is 12.8 Å². The van der Waals surface area contributed by atoms with Gasteiger partial charge in [-0.25, -0.2) is 4.98 Å². The Morgan fingerprint density at radius 3 is 3.11 bits per heavy atom. The van der Waals surface area contributed by atoms with E-state index in [0.29, 0.717) is 18.9 Å². The van der Waals surface area contributed by atoms with E-state index in [4.69, 9.17) is 0 Å². The summed E-state index contributed by atoms with van der Waals surface area (Å²) in [5.41, 5.74) is 2.89. The van der Waals surface area contributed by atoms with Crippen LogP contribution >= 0.6 is 11.3 Å². The third kappa shape index (κ3) is 4.28. The number of hydrogen-bond donors (Lipinski definition) is 1. The number of nitrogens with zero attached hydrogens (tertiary/aromatic N) is 2. The molecule has 2 rings (SSSR count). The molecule has 4 nitrogen and oxygen atoms in total. The van der Waals surface area contributed by atoms with E-state index >= 15 is 0 Å². The van der Waals surface area contributed by atoms with Crippen LogP contribution in [0.4, 0.5) is 0 Å². The molecule has 1 N–H and O–H groups in total. The summed E-state index contributed by atoms with van der Waals surface area (Å²) in [6.07, 6.45) is 4.19. The minimum absolute atomic E-state index is 0.248. The standard InChI is InChI=1S/C14H23N3OS/c1-11-13(19-10-16-11)9-17(2)14(18)6-5-12-4-3-7-15-8-12/h10,12,15H,3-9H2,1-2H3. The predicted octanol–water partition coefficient (Wildman–Crippen LogP) is 2.19. The number of carbonyl (C=O) groups is 1. The first kappa shape index (κ1) is 14.5. The molecule has 1 atom stereocenters. The first-order valence-corrected chi connectivity index (χ1v) is 7.88. The molecule has 1 aliphatic heterocycles. The predicted molar refractivity (Wildman–Crippen MR) is 78.2 cm³/mol. The van der Waals surface area contributed by atoms with Crippen LogP contribution < -0.4 is 5.32 Å². The summed E-state index contributed by atoms with van der Waals surface area (Å²) < 4.78 is 0. The summed E-state index contributed by atoms with van der Waals surface area (Å²) in [4.78, 5) is 19.4. The van der Waals surface area contributed by atoms with E-state index in [1.54, 1.807) is 11.3 Å². The van der Waals surface area contributed by atoms with Crippen LogP contribution in [0.1, 0.15) is 36.3 Å². The summed E-state index contributed by atoms with van der Waals surface area (Å²) in [7, 11) is 1.89. The monoisotopic (exact) mass is 281 g/mol. The molecule has 2 heterocycles. The molecule has 0 saturated carbocycles. The Bertz CT molecular complexity index is 413. The van der Waals surface area contributed by atoms with E-state index in [0.717, 1.165) is 25.2 Å². The fraction of sp³-hybridized carbons (Fsp3) is 0.714. The van der Waals surface area contributed by atoms with Gasteiger partial charge in [-0.2, -0.15) is 0 Å². The average molecular weight is 281 g/mol. The molecule has 1 unspecified atom stereocenters. The van der Waals surface area contributed by atoms with Crippen LogP contribution in [0.2, 0.25) is 0 Å². The maximum atomic E-state index is 12.1. The van der Waals surface area contributed by atoms with Gasteiger partial charge in [0.2, 0.25) is 5.91 Å². The molecular weight excluding hydrogens is 258 g/mol. The number of rotatable bonds is 5. The first-order valence-electron chi connectivity index (χ1n) is 7.00. The van der Waals surface area contributed by atoms with Gasteiger partial charge in [-0.05, 0) is 45.2 Å². The van der Waals surface area contributed by atoms with Crippen LogP contribution in [0.25, 0.3) is 0 Å². The van der Waals surface area contributed by atoms with Crippen molar-refractivity contribution >= 4 is 17.2 Å². The lowest BCUT2D eigenvalue weighted by Crippen LogP contribution is -2.31. The van der Waals surface area contributed by atoms with E-state index in [9.17, 15) is 4.79 Å². The molecule has 0 spiro atoms. The maximum absolute atomic E-state index is 12.1. The highest BCUT2D eigenvalue weighted by Crippen LogP contribution is 2.18. The van der Waals surface area contributed by atoms with Crippen molar-refractivity contribution in [3.8, 4) is 0 Å². The molecule has 0 aromatic carbocycles. The quantitative estimate of drug-likeness (QED) is 0.900. The fourth-order valence-corrected chi connectivity index (χ4v) is 3.30. The van der Waals surface area contributed by atoms with Crippen molar-refractivity contribution in [2.24, 2.45) is 5.92 Å². The molecule has 0 radical (unpaired) electrons. The van der Waals surface area contributed by atoms with Crippen molar-refractivity contribution in [1.82, 2.24) is 15.2 Å². The highest BCUT2D eigenvalue weighted by molar-refractivity contribution is 7.09. The molecule has 1 saturated heterocycles. The molecule has 5 heteroatoms. The summed E-state index contributed by atoms with van der Waals surface area (Å²) in [6, 6.07) is 0. The number of aryl methyl sites for hydroxylation is 1. The zero-order valence-corrected chi connectivity index (χ0v) is 12.6.